The summed E-state index contributed by atoms with van der Waals surface area (Å²) in [7, 11) is -3.51. The second-order valence-corrected chi connectivity index (χ2v) is 7.58. The topological polar surface area (TPSA) is 46.2 Å². The summed E-state index contributed by atoms with van der Waals surface area (Å²) >= 11 is 11.9. The van der Waals surface area contributed by atoms with Crippen molar-refractivity contribution in [3.63, 3.8) is 0 Å². The van der Waals surface area contributed by atoms with E-state index in [0.29, 0.717) is 22.0 Å². The molecule has 1 atom stereocenters. The number of halogens is 2. The highest BCUT2D eigenvalue weighted by atomic mass is 35.5. The Bertz CT molecular complexity index is 733. The molecule has 118 valence electrons. The number of rotatable bonds is 6. The lowest BCUT2D eigenvalue weighted by atomic mass is 10.1. The van der Waals surface area contributed by atoms with Gasteiger partial charge in [-0.3, -0.25) is 0 Å². The van der Waals surface area contributed by atoms with Crippen molar-refractivity contribution >= 4 is 33.2 Å². The molecule has 0 aromatic heterocycles. The average Bonchev–Trinajstić information content (AvgIpc) is 2.49. The lowest BCUT2D eigenvalue weighted by molar-refractivity contribution is 0.549. The Morgan fingerprint density at radius 1 is 1.09 bits per heavy atom. The minimum Gasteiger partial charge on any atom is -0.212 e. The van der Waals surface area contributed by atoms with E-state index in [0.717, 1.165) is 5.56 Å². The van der Waals surface area contributed by atoms with Crippen LogP contribution >= 0.6 is 23.2 Å². The second-order valence-electron chi connectivity index (χ2n) is 4.98. The van der Waals surface area contributed by atoms with Crippen molar-refractivity contribution in [2.24, 2.45) is 0 Å². The number of nitrogens with one attached hydrogen (secondary N) is 1. The summed E-state index contributed by atoms with van der Waals surface area (Å²) in [6, 6.07) is 14.1. The largest absolute Gasteiger partial charge is 0.216 e. The van der Waals surface area contributed by atoms with Gasteiger partial charge >= 0.3 is 0 Å². The van der Waals surface area contributed by atoms with Crippen LogP contribution in [0.4, 0.5) is 0 Å². The maximum atomic E-state index is 12.4. The van der Waals surface area contributed by atoms with Gasteiger partial charge in [-0.25, -0.2) is 13.1 Å². The molecule has 1 N–H and O–H groups in total. The van der Waals surface area contributed by atoms with Gasteiger partial charge in [-0.1, -0.05) is 66.5 Å². The standard InChI is InChI=1S/C16H17Cl2NO2S/c1-2-16(12-6-4-3-5-7-12)19-22(20,21)11-13-8-9-14(17)10-15(13)18/h3-10,16,19H,2,11H2,1H3. The average molecular weight is 358 g/mol. The fourth-order valence-corrected chi connectivity index (χ4v) is 4.21. The monoisotopic (exact) mass is 357 g/mol. The number of hydrogen-bond acceptors (Lipinski definition) is 2. The van der Waals surface area contributed by atoms with Crippen LogP contribution in [0.5, 0.6) is 0 Å². The minimum absolute atomic E-state index is 0.174. The Hall–Kier alpha value is -1.07. The van der Waals surface area contributed by atoms with Gasteiger partial charge in [0.2, 0.25) is 10.0 Å². The van der Waals surface area contributed by atoms with Crippen molar-refractivity contribution in [2.75, 3.05) is 0 Å². The fourth-order valence-electron chi connectivity index (χ4n) is 2.17. The molecule has 2 aromatic rings. The lowest BCUT2D eigenvalue weighted by Gasteiger charge is -2.18. The molecule has 0 saturated carbocycles. The fraction of sp³-hybridized carbons (Fsp3) is 0.250. The van der Waals surface area contributed by atoms with Crippen LogP contribution in [0.3, 0.4) is 0 Å². The number of hydrogen-bond donors (Lipinski definition) is 1. The SMILES string of the molecule is CCC(NS(=O)(=O)Cc1ccc(Cl)cc1Cl)c1ccccc1. The number of benzene rings is 2. The van der Waals surface area contributed by atoms with E-state index in [4.69, 9.17) is 23.2 Å². The van der Waals surface area contributed by atoms with Gasteiger partial charge in [0.1, 0.15) is 0 Å². The van der Waals surface area contributed by atoms with Crippen LogP contribution in [0, 0.1) is 0 Å². The molecule has 3 nitrogen and oxygen atoms in total. The first kappa shape index (κ1) is 17.3. The van der Waals surface area contributed by atoms with E-state index in [2.05, 4.69) is 4.72 Å². The van der Waals surface area contributed by atoms with Crippen molar-refractivity contribution in [1.29, 1.82) is 0 Å². The van der Waals surface area contributed by atoms with Crippen LogP contribution in [0.25, 0.3) is 0 Å². The predicted molar refractivity (Wildman–Crippen MR) is 91.7 cm³/mol. The molecule has 0 aliphatic heterocycles. The summed E-state index contributed by atoms with van der Waals surface area (Å²) in [5.74, 6) is -0.174. The first-order chi connectivity index (χ1) is 10.4. The first-order valence-corrected chi connectivity index (χ1v) is 9.31. The Morgan fingerprint density at radius 3 is 2.36 bits per heavy atom. The van der Waals surface area contributed by atoms with E-state index >= 15 is 0 Å². The lowest BCUT2D eigenvalue weighted by Crippen LogP contribution is -2.29. The van der Waals surface area contributed by atoms with E-state index in [-0.39, 0.29) is 11.8 Å². The van der Waals surface area contributed by atoms with E-state index in [9.17, 15) is 8.42 Å². The Balaban J connectivity index is 2.16. The molecule has 0 bridgehead atoms. The third-order valence-corrected chi connectivity index (χ3v) is 5.21. The smallest absolute Gasteiger partial charge is 0.212 e. The van der Waals surface area contributed by atoms with E-state index in [1.165, 1.54) is 0 Å². The molecule has 0 aliphatic rings. The Kier molecular flexibility index (Phi) is 5.87. The molecule has 0 amide bonds. The maximum Gasteiger partial charge on any atom is 0.216 e. The zero-order valence-corrected chi connectivity index (χ0v) is 14.4. The molecular weight excluding hydrogens is 341 g/mol. The third-order valence-electron chi connectivity index (χ3n) is 3.29. The van der Waals surface area contributed by atoms with Gasteiger partial charge in [-0.05, 0) is 29.7 Å². The van der Waals surface area contributed by atoms with Gasteiger partial charge < -0.3 is 0 Å². The summed E-state index contributed by atoms with van der Waals surface area (Å²) in [6.07, 6.45) is 0.664. The highest BCUT2D eigenvalue weighted by molar-refractivity contribution is 7.88. The zero-order chi connectivity index (χ0) is 16.2. The second kappa shape index (κ2) is 7.47. The molecule has 0 spiro atoms. The van der Waals surface area contributed by atoms with Crippen LogP contribution in [-0.4, -0.2) is 8.42 Å². The molecule has 22 heavy (non-hydrogen) atoms. The summed E-state index contributed by atoms with van der Waals surface area (Å²) in [6.45, 7) is 1.94. The third kappa shape index (κ3) is 4.71. The highest BCUT2D eigenvalue weighted by Gasteiger charge is 2.19. The molecule has 1 unspecified atom stereocenters. The molecule has 6 heteroatoms. The maximum absolute atomic E-state index is 12.4. The molecule has 2 aromatic carbocycles. The van der Waals surface area contributed by atoms with Gasteiger partial charge in [0.05, 0.1) is 5.75 Å². The molecule has 0 aliphatic carbocycles. The normalized spacial score (nSPS) is 13.0. The van der Waals surface area contributed by atoms with Gasteiger partial charge in [-0.15, -0.1) is 0 Å². The molecule has 0 fully saturated rings. The van der Waals surface area contributed by atoms with Gasteiger partial charge in [-0.2, -0.15) is 0 Å². The first-order valence-electron chi connectivity index (χ1n) is 6.90. The van der Waals surface area contributed by atoms with Crippen LogP contribution in [0.1, 0.15) is 30.5 Å². The van der Waals surface area contributed by atoms with Crippen molar-refractivity contribution in [3.05, 3.63) is 69.7 Å². The van der Waals surface area contributed by atoms with Gasteiger partial charge in [0.25, 0.3) is 0 Å². The predicted octanol–water partition coefficient (Wildman–Crippen LogP) is 4.56. The summed E-state index contributed by atoms with van der Waals surface area (Å²) in [5.41, 5.74) is 1.47. The molecule has 0 saturated heterocycles. The van der Waals surface area contributed by atoms with E-state index in [1.807, 2.05) is 37.3 Å². The van der Waals surface area contributed by atoms with Crippen molar-refractivity contribution in [2.45, 2.75) is 25.1 Å². The summed E-state index contributed by atoms with van der Waals surface area (Å²) < 4.78 is 27.5. The quantitative estimate of drug-likeness (QED) is 0.823. The zero-order valence-electron chi connectivity index (χ0n) is 12.1. The number of sulfonamides is 1. The highest BCUT2D eigenvalue weighted by Crippen LogP contribution is 2.24. The van der Waals surface area contributed by atoms with Crippen LogP contribution < -0.4 is 4.72 Å². The molecule has 2 rings (SSSR count). The Morgan fingerprint density at radius 2 is 1.77 bits per heavy atom. The van der Waals surface area contributed by atoms with Crippen LogP contribution in [-0.2, 0) is 15.8 Å². The molecule has 0 radical (unpaired) electrons. The van der Waals surface area contributed by atoms with Crippen molar-refractivity contribution in [1.82, 2.24) is 4.72 Å². The van der Waals surface area contributed by atoms with E-state index < -0.39 is 10.0 Å². The van der Waals surface area contributed by atoms with E-state index in [1.54, 1.807) is 18.2 Å². The minimum atomic E-state index is -3.51. The van der Waals surface area contributed by atoms with Gasteiger partial charge in [0, 0.05) is 16.1 Å². The van der Waals surface area contributed by atoms with Crippen LogP contribution in [0.2, 0.25) is 10.0 Å². The Labute approximate surface area is 141 Å². The van der Waals surface area contributed by atoms with Gasteiger partial charge in [0.15, 0.2) is 0 Å². The molecule has 0 heterocycles. The van der Waals surface area contributed by atoms with Crippen molar-refractivity contribution < 1.29 is 8.42 Å². The van der Waals surface area contributed by atoms with Crippen LogP contribution in [0.15, 0.2) is 48.5 Å². The molecular formula is C16H17Cl2NO2S. The van der Waals surface area contributed by atoms with Crippen molar-refractivity contribution in [3.8, 4) is 0 Å². The summed E-state index contributed by atoms with van der Waals surface area (Å²) in [5, 5.41) is 0.834. The summed E-state index contributed by atoms with van der Waals surface area (Å²) in [4.78, 5) is 0.